The Bertz CT molecular complexity index is 1420. The molecular formula is C38H55N5O6. The molecule has 0 unspecified atom stereocenters. The van der Waals surface area contributed by atoms with Crippen LogP contribution in [-0.4, -0.2) is 119 Å². The smallest absolute Gasteiger partial charge is 0.326 e. The molecule has 1 aliphatic heterocycles. The first-order valence-electron chi connectivity index (χ1n) is 17.3. The summed E-state index contributed by atoms with van der Waals surface area (Å²) in [5.41, 5.74) is 1.85. The Balaban J connectivity index is 1.89. The minimum absolute atomic E-state index is 0.224. The van der Waals surface area contributed by atoms with Crippen LogP contribution in [0.1, 0.15) is 58.1 Å². The molecule has 0 radical (unpaired) electrons. The quantitative estimate of drug-likeness (QED) is 0.279. The molecule has 2 aromatic rings. The number of amides is 4. The number of carbonyl (C=O) groups excluding carboxylic acids is 4. The van der Waals surface area contributed by atoms with Gasteiger partial charge in [0.15, 0.2) is 0 Å². The van der Waals surface area contributed by atoms with Gasteiger partial charge in [0.25, 0.3) is 0 Å². The molecule has 0 bridgehead atoms. The topological polar surface area (TPSA) is 131 Å². The number of carbonyl (C=O) groups is 5. The van der Waals surface area contributed by atoms with E-state index in [0.717, 1.165) is 11.1 Å². The van der Waals surface area contributed by atoms with E-state index in [2.05, 4.69) is 5.32 Å². The van der Waals surface area contributed by atoms with Gasteiger partial charge in [-0.3, -0.25) is 24.1 Å². The van der Waals surface area contributed by atoms with E-state index in [-0.39, 0.29) is 30.1 Å². The molecule has 11 heteroatoms. The predicted octanol–water partition coefficient (Wildman–Crippen LogP) is 3.32. The van der Waals surface area contributed by atoms with Gasteiger partial charge < -0.3 is 25.1 Å². The highest BCUT2D eigenvalue weighted by molar-refractivity contribution is 5.96. The van der Waals surface area contributed by atoms with Crippen LogP contribution in [-0.2, 0) is 36.8 Å². The first-order valence-corrected chi connectivity index (χ1v) is 17.3. The number of hydrogen-bond acceptors (Lipinski definition) is 6. The van der Waals surface area contributed by atoms with Crippen molar-refractivity contribution < 1.29 is 29.1 Å². The fraction of sp³-hybridized carbons (Fsp3) is 0.553. The van der Waals surface area contributed by atoms with Gasteiger partial charge in [0.2, 0.25) is 23.6 Å². The second-order valence-electron chi connectivity index (χ2n) is 13.9. The van der Waals surface area contributed by atoms with Gasteiger partial charge in [0.1, 0.15) is 24.2 Å². The summed E-state index contributed by atoms with van der Waals surface area (Å²) in [6, 6.07) is 14.8. The number of benzene rings is 2. The average Bonchev–Trinajstić information content (AvgIpc) is 3.56. The van der Waals surface area contributed by atoms with Crippen molar-refractivity contribution in [3.8, 4) is 0 Å². The Hall–Kier alpha value is -4.25. The molecular weight excluding hydrogens is 622 g/mol. The van der Waals surface area contributed by atoms with Crippen molar-refractivity contribution in [3.05, 3.63) is 71.8 Å². The van der Waals surface area contributed by atoms with Crippen LogP contribution < -0.4 is 5.32 Å². The number of likely N-dealkylation sites (tertiary alicyclic amines) is 1. The summed E-state index contributed by atoms with van der Waals surface area (Å²) < 4.78 is 0. The van der Waals surface area contributed by atoms with Gasteiger partial charge in [-0.1, -0.05) is 94.8 Å². The van der Waals surface area contributed by atoms with Gasteiger partial charge in [-0.25, -0.2) is 4.79 Å². The maximum Gasteiger partial charge on any atom is 0.326 e. The summed E-state index contributed by atoms with van der Waals surface area (Å²) in [4.78, 5) is 74.4. The molecule has 0 saturated carbocycles. The zero-order valence-electron chi connectivity index (χ0n) is 30.3. The fourth-order valence-electron chi connectivity index (χ4n) is 6.79. The molecule has 1 fully saturated rings. The molecule has 0 aliphatic carbocycles. The third-order valence-corrected chi connectivity index (χ3v) is 9.77. The molecule has 268 valence electrons. The highest BCUT2D eigenvalue weighted by Crippen LogP contribution is 2.26. The van der Waals surface area contributed by atoms with Crippen LogP contribution in [0.5, 0.6) is 0 Å². The van der Waals surface area contributed by atoms with Crippen molar-refractivity contribution in [2.75, 3.05) is 34.7 Å². The van der Waals surface area contributed by atoms with Crippen molar-refractivity contribution in [1.82, 2.24) is 24.9 Å². The van der Waals surface area contributed by atoms with Crippen LogP contribution in [0, 0.1) is 11.8 Å². The van der Waals surface area contributed by atoms with E-state index in [0.29, 0.717) is 32.2 Å². The molecule has 1 aliphatic rings. The lowest BCUT2D eigenvalue weighted by Gasteiger charge is -2.38. The van der Waals surface area contributed by atoms with Crippen LogP contribution in [0.15, 0.2) is 60.7 Å². The third kappa shape index (κ3) is 9.90. The Labute approximate surface area is 291 Å². The lowest BCUT2D eigenvalue weighted by atomic mass is 9.96. The lowest BCUT2D eigenvalue weighted by Crippen LogP contribution is -2.60. The van der Waals surface area contributed by atoms with Gasteiger partial charge in [0, 0.05) is 27.1 Å². The fourth-order valence-corrected chi connectivity index (χ4v) is 6.79. The Morgan fingerprint density at radius 3 is 1.88 bits per heavy atom. The first kappa shape index (κ1) is 39.2. The van der Waals surface area contributed by atoms with Crippen molar-refractivity contribution in [3.63, 3.8) is 0 Å². The van der Waals surface area contributed by atoms with Crippen LogP contribution in [0.3, 0.4) is 0 Å². The summed E-state index contributed by atoms with van der Waals surface area (Å²) in [5.74, 6) is -3.18. The molecule has 3 rings (SSSR count). The van der Waals surface area contributed by atoms with Crippen LogP contribution in [0.2, 0.25) is 0 Å². The lowest BCUT2D eigenvalue weighted by molar-refractivity contribution is -0.156. The summed E-state index contributed by atoms with van der Waals surface area (Å²) in [6.07, 6.45) is 2.24. The molecule has 0 aromatic heterocycles. The summed E-state index contributed by atoms with van der Waals surface area (Å²) in [7, 11) is 6.71. The van der Waals surface area contributed by atoms with E-state index in [1.54, 1.807) is 14.0 Å². The number of hydrogen-bond donors (Lipinski definition) is 2. The van der Waals surface area contributed by atoms with E-state index < -0.39 is 48.0 Å². The summed E-state index contributed by atoms with van der Waals surface area (Å²) >= 11 is 0. The number of nitrogens with zero attached hydrogens (tertiary/aromatic N) is 4. The Kier molecular flexibility index (Phi) is 14.4. The highest BCUT2D eigenvalue weighted by Gasteiger charge is 2.44. The van der Waals surface area contributed by atoms with Gasteiger partial charge in [-0.2, -0.15) is 0 Å². The molecule has 11 nitrogen and oxygen atoms in total. The van der Waals surface area contributed by atoms with Crippen LogP contribution in [0.25, 0.3) is 0 Å². The molecule has 0 spiro atoms. The zero-order valence-corrected chi connectivity index (χ0v) is 30.3. The molecule has 4 amide bonds. The molecule has 6 atom stereocenters. The Morgan fingerprint density at radius 1 is 0.837 bits per heavy atom. The van der Waals surface area contributed by atoms with E-state index in [1.807, 2.05) is 100 Å². The minimum atomic E-state index is -1.08. The molecule has 49 heavy (non-hydrogen) atoms. The molecule has 2 aromatic carbocycles. The molecule has 1 saturated heterocycles. The number of carboxylic acids is 1. The molecule has 1 heterocycles. The van der Waals surface area contributed by atoms with Gasteiger partial charge >= 0.3 is 5.97 Å². The van der Waals surface area contributed by atoms with Crippen molar-refractivity contribution >= 4 is 29.6 Å². The third-order valence-electron chi connectivity index (χ3n) is 9.77. The summed E-state index contributed by atoms with van der Waals surface area (Å²) in [5, 5.41) is 12.9. The first-order chi connectivity index (χ1) is 23.2. The second kappa shape index (κ2) is 17.9. The van der Waals surface area contributed by atoms with Crippen molar-refractivity contribution in [2.24, 2.45) is 11.8 Å². The van der Waals surface area contributed by atoms with Crippen LogP contribution in [0.4, 0.5) is 0 Å². The predicted molar refractivity (Wildman–Crippen MR) is 189 cm³/mol. The summed E-state index contributed by atoms with van der Waals surface area (Å²) in [6.45, 7) is 7.69. The maximum absolute atomic E-state index is 14.4. The molecule has 2 N–H and O–H groups in total. The zero-order chi connectivity index (χ0) is 36.4. The standard InChI is InChI=1S/C38H55N5O6/c1-9-26(4)33(38(48)49)42(8)36(46)30-21-16-22-43(30)37(47)32(25(2)3)41(7)35(45)29(23-27-17-12-10-13-18-27)39-34(44)31(40(5)6)24-28-19-14-11-15-20-28/h10-15,17-20,25-26,29-33H,9,16,21-24H2,1-8H3,(H,39,44)(H,48,49)/t26-,29-,30+,31+,32+,33+/m1/s1. The minimum Gasteiger partial charge on any atom is -0.480 e. The van der Waals surface area contributed by atoms with Gasteiger partial charge in [-0.05, 0) is 56.3 Å². The maximum atomic E-state index is 14.4. The van der Waals surface area contributed by atoms with E-state index >= 15 is 0 Å². The number of rotatable bonds is 16. The average molecular weight is 678 g/mol. The highest BCUT2D eigenvalue weighted by atomic mass is 16.4. The number of nitrogens with one attached hydrogen (secondary N) is 1. The number of likely N-dealkylation sites (N-methyl/N-ethyl adjacent to an activating group) is 3. The van der Waals surface area contributed by atoms with Crippen molar-refractivity contribution in [2.45, 2.75) is 90.0 Å². The van der Waals surface area contributed by atoms with Crippen LogP contribution >= 0.6 is 0 Å². The van der Waals surface area contributed by atoms with E-state index in [4.69, 9.17) is 0 Å². The largest absolute Gasteiger partial charge is 0.480 e. The second-order valence-corrected chi connectivity index (χ2v) is 13.9. The van der Waals surface area contributed by atoms with Gasteiger partial charge in [-0.15, -0.1) is 0 Å². The van der Waals surface area contributed by atoms with Gasteiger partial charge in [0.05, 0.1) is 6.04 Å². The number of carboxylic acid groups (broad SMARTS) is 1. The van der Waals surface area contributed by atoms with E-state index in [1.165, 1.54) is 21.7 Å². The SMILES string of the molecule is CC[C@@H](C)[C@@H](C(=O)O)N(C)C(=O)[C@@H]1CCCN1C(=O)[C@H](C(C)C)N(C)C(=O)[C@@H](Cc1ccccc1)NC(=O)[C@H](Cc1ccccc1)N(C)C. The van der Waals surface area contributed by atoms with Crippen molar-refractivity contribution in [1.29, 1.82) is 0 Å². The normalized spacial score (nSPS) is 17.6. The number of aliphatic carboxylic acids is 1. The Morgan fingerprint density at radius 2 is 1.39 bits per heavy atom. The van der Waals surface area contributed by atoms with E-state index in [9.17, 15) is 29.1 Å². The monoisotopic (exact) mass is 677 g/mol.